The molecule has 2 rings (SSSR count). The van der Waals surface area contributed by atoms with Gasteiger partial charge in [-0.2, -0.15) is 0 Å². The van der Waals surface area contributed by atoms with Gasteiger partial charge in [0.15, 0.2) is 0 Å². The number of amides is 2. The van der Waals surface area contributed by atoms with Crippen LogP contribution < -0.4 is 5.32 Å². The summed E-state index contributed by atoms with van der Waals surface area (Å²) in [6, 6.07) is -0.931. The molecule has 0 aromatic carbocycles. The molecule has 1 atom stereocenters. The van der Waals surface area contributed by atoms with Crippen LogP contribution in [-0.2, 0) is 35.1 Å². The van der Waals surface area contributed by atoms with E-state index in [2.05, 4.69) is 14.9 Å². The maximum Gasteiger partial charge on any atom is 0.308 e. The summed E-state index contributed by atoms with van der Waals surface area (Å²) in [7, 11) is 0. The Morgan fingerprint density at radius 2 is 1.82 bits per heavy atom. The third-order valence-electron chi connectivity index (χ3n) is 5.44. The minimum atomic E-state index is -0.931. The fraction of sp³-hybridized carbons (Fsp3) is 0.750. The quantitative estimate of drug-likeness (QED) is 0.359. The van der Waals surface area contributed by atoms with Gasteiger partial charge in [0.1, 0.15) is 17.5 Å². The zero-order valence-electron chi connectivity index (χ0n) is 21.2. The minimum Gasteiger partial charge on any atom is -0.460 e. The molecule has 0 radical (unpaired) electrons. The largest absolute Gasteiger partial charge is 0.460 e. The van der Waals surface area contributed by atoms with Gasteiger partial charge in [0.25, 0.3) is 0 Å². The molecule has 1 aliphatic heterocycles. The maximum atomic E-state index is 13.1. The number of hydrogen-bond donors (Lipinski definition) is 1. The molecule has 10 nitrogen and oxygen atoms in total. The summed E-state index contributed by atoms with van der Waals surface area (Å²) < 4.78 is 18.3. The van der Waals surface area contributed by atoms with Crippen molar-refractivity contribution in [1.82, 2.24) is 19.8 Å². The SMILES string of the molecule is CCOCCOCCn1ccnc1C1CCN(C(=O)C(CC(=O)OC(C)(C)C)NC(C)=O)CC1. The lowest BCUT2D eigenvalue weighted by atomic mass is 9.95. The van der Waals surface area contributed by atoms with Crippen LogP contribution in [0.2, 0.25) is 0 Å². The molecule has 1 unspecified atom stereocenters. The molecule has 1 aliphatic rings. The zero-order chi connectivity index (χ0) is 25.1. The highest BCUT2D eigenvalue weighted by atomic mass is 16.6. The second-order valence-corrected chi connectivity index (χ2v) is 9.43. The van der Waals surface area contributed by atoms with Crippen molar-refractivity contribution in [1.29, 1.82) is 0 Å². The predicted molar refractivity (Wildman–Crippen MR) is 126 cm³/mol. The Morgan fingerprint density at radius 3 is 2.44 bits per heavy atom. The second kappa shape index (κ2) is 13.4. The van der Waals surface area contributed by atoms with Gasteiger partial charge < -0.3 is 29.0 Å². The van der Waals surface area contributed by atoms with Gasteiger partial charge in [-0.25, -0.2) is 4.98 Å². The van der Waals surface area contributed by atoms with Crippen LogP contribution in [0.5, 0.6) is 0 Å². The summed E-state index contributed by atoms with van der Waals surface area (Å²) in [6.07, 6.45) is 5.07. The molecule has 0 saturated carbocycles. The first-order valence-electron chi connectivity index (χ1n) is 12.0. The van der Waals surface area contributed by atoms with Gasteiger partial charge in [-0.15, -0.1) is 0 Å². The van der Waals surface area contributed by atoms with Crippen LogP contribution in [0.25, 0.3) is 0 Å². The number of piperidine rings is 1. The Hall–Kier alpha value is -2.46. The summed E-state index contributed by atoms with van der Waals surface area (Å²) in [5.74, 6) is 0.0908. The van der Waals surface area contributed by atoms with Crippen LogP contribution >= 0.6 is 0 Å². The smallest absolute Gasteiger partial charge is 0.308 e. The van der Waals surface area contributed by atoms with E-state index in [1.807, 2.05) is 13.1 Å². The Morgan fingerprint density at radius 1 is 1.15 bits per heavy atom. The van der Waals surface area contributed by atoms with E-state index in [-0.39, 0.29) is 24.2 Å². The normalized spacial score (nSPS) is 15.7. The van der Waals surface area contributed by atoms with E-state index in [0.717, 1.165) is 18.7 Å². The highest BCUT2D eigenvalue weighted by Crippen LogP contribution is 2.27. The first-order chi connectivity index (χ1) is 16.1. The van der Waals surface area contributed by atoms with Gasteiger partial charge in [0, 0.05) is 51.5 Å². The molecule has 1 saturated heterocycles. The van der Waals surface area contributed by atoms with Gasteiger partial charge in [-0.3, -0.25) is 14.4 Å². The lowest BCUT2D eigenvalue weighted by molar-refractivity contribution is -0.157. The molecule has 0 spiro atoms. The van der Waals surface area contributed by atoms with Crippen LogP contribution in [-0.4, -0.2) is 83.4 Å². The first kappa shape index (κ1) is 27.8. The van der Waals surface area contributed by atoms with E-state index >= 15 is 0 Å². The van der Waals surface area contributed by atoms with Crippen molar-refractivity contribution in [2.75, 3.05) is 39.5 Å². The van der Waals surface area contributed by atoms with Gasteiger partial charge in [-0.1, -0.05) is 0 Å². The highest BCUT2D eigenvalue weighted by Gasteiger charge is 2.33. The summed E-state index contributed by atoms with van der Waals surface area (Å²) in [6.45, 7) is 12.8. The number of aromatic nitrogens is 2. The number of esters is 1. The number of ether oxygens (including phenoxy) is 3. The Kier molecular flexibility index (Phi) is 11.0. The van der Waals surface area contributed by atoms with Crippen LogP contribution in [0.3, 0.4) is 0 Å². The lowest BCUT2D eigenvalue weighted by Gasteiger charge is -2.34. The number of imidazole rings is 1. The molecule has 1 aromatic heterocycles. The fourth-order valence-electron chi connectivity index (χ4n) is 3.97. The van der Waals surface area contributed by atoms with Crippen molar-refractivity contribution in [3.8, 4) is 0 Å². The van der Waals surface area contributed by atoms with Crippen molar-refractivity contribution in [2.24, 2.45) is 0 Å². The number of nitrogens with zero attached hydrogens (tertiary/aromatic N) is 3. The van der Waals surface area contributed by atoms with Gasteiger partial charge in [-0.05, 0) is 40.5 Å². The molecule has 1 fully saturated rings. The van der Waals surface area contributed by atoms with Crippen LogP contribution in [0.1, 0.15) is 65.6 Å². The van der Waals surface area contributed by atoms with Crippen LogP contribution in [0.4, 0.5) is 0 Å². The molecule has 10 heteroatoms. The number of hydrogen-bond acceptors (Lipinski definition) is 7. The van der Waals surface area contributed by atoms with Crippen molar-refractivity contribution < 1.29 is 28.6 Å². The van der Waals surface area contributed by atoms with E-state index in [1.54, 1.807) is 31.9 Å². The monoisotopic (exact) mass is 480 g/mol. The number of nitrogens with one attached hydrogen (secondary N) is 1. The lowest BCUT2D eigenvalue weighted by Crippen LogP contribution is -2.51. The van der Waals surface area contributed by atoms with E-state index in [0.29, 0.717) is 46.1 Å². The van der Waals surface area contributed by atoms with Crippen LogP contribution in [0.15, 0.2) is 12.4 Å². The number of carbonyl (C=O) groups excluding carboxylic acids is 3. The molecule has 2 amide bonds. The molecule has 0 aliphatic carbocycles. The Labute approximate surface area is 202 Å². The Bertz CT molecular complexity index is 796. The maximum absolute atomic E-state index is 13.1. The van der Waals surface area contributed by atoms with E-state index in [1.165, 1.54) is 6.92 Å². The standard InChI is InChI=1S/C24H40N4O6/c1-6-32-15-16-33-14-13-27-12-9-25-22(27)19-7-10-28(11-8-19)23(31)20(26-18(2)29)17-21(30)34-24(3,4)5/h9,12,19-20H,6-8,10-11,13-17H2,1-5H3,(H,26,29). The third-order valence-corrected chi connectivity index (χ3v) is 5.44. The van der Waals surface area contributed by atoms with E-state index < -0.39 is 17.6 Å². The summed E-state index contributed by atoms with van der Waals surface area (Å²) in [5.41, 5.74) is -0.657. The van der Waals surface area contributed by atoms with Crippen LogP contribution in [0, 0.1) is 0 Å². The molecule has 1 aromatic rings. The molecule has 192 valence electrons. The molecule has 0 bridgehead atoms. The van der Waals surface area contributed by atoms with Gasteiger partial charge >= 0.3 is 5.97 Å². The van der Waals surface area contributed by atoms with Crippen molar-refractivity contribution in [3.05, 3.63) is 18.2 Å². The number of rotatable bonds is 12. The van der Waals surface area contributed by atoms with E-state index in [4.69, 9.17) is 14.2 Å². The number of carbonyl (C=O) groups is 3. The molecule has 34 heavy (non-hydrogen) atoms. The third kappa shape index (κ3) is 9.42. The average molecular weight is 481 g/mol. The highest BCUT2D eigenvalue weighted by molar-refractivity contribution is 5.90. The second-order valence-electron chi connectivity index (χ2n) is 9.43. The summed E-state index contributed by atoms with van der Waals surface area (Å²) in [5, 5.41) is 2.61. The Balaban J connectivity index is 1.89. The van der Waals surface area contributed by atoms with Crippen molar-refractivity contribution >= 4 is 17.8 Å². The molecule has 2 heterocycles. The van der Waals surface area contributed by atoms with Crippen molar-refractivity contribution in [3.63, 3.8) is 0 Å². The fourth-order valence-corrected chi connectivity index (χ4v) is 3.97. The molecular weight excluding hydrogens is 440 g/mol. The first-order valence-corrected chi connectivity index (χ1v) is 12.0. The van der Waals surface area contributed by atoms with E-state index in [9.17, 15) is 14.4 Å². The van der Waals surface area contributed by atoms with Crippen molar-refractivity contribution in [2.45, 2.75) is 78.0 Å². The average Bonchev–Trinajstić information content (AvgIpc) is 3.22. The molecular formula is C24H40N4O6. The summed E-state index contributed by atoms with van der Waals surface area (Å²) >= 11 is 0. The van der Waals surface area contributed by atoms with Gasteiger partial charge in [0.2, 0.25) is 11.8 Å². The minimum absolute atomic E-state index is 0.191. The molecule has 1 N–H and O–H groups in total. The predicted octanol–water partition coefficient (Wildman–Crippen LogP) is 1.88. The number of likely N-dealkylation sites (tertiary alicyclic amines) is 1. The topological polar surface area (TPSA) is 112 Å². The zero-order valence-corrected chi connectivity index (χ0v) is 21.2. The summed E-state index contributed by atoms with van der Waals surface area (Å²) in [4.78, 5) is 43.3. The van der Waals surface area contributed by atoms with Gasteiger partial charge in [0.05, 0.1) is 26.2 Å².